The number of hydrogen-bond donors (Lipinski definition) is 1. The van der Waals surface area contributed by atoms with Gasteiger partial charge in [-0.2, -0.15) is 5.10 Å². The zero-order valence-electron chi connectivity index (χ0n) is 20.6. The van der Waals surface area contributed by atoms with Crippen molar-refractivity contribution in [1.29, 1.82) is 0 Å². The van der Waals surface area contributed by atoms with Crippen molar-refractivity contribution < 1.29 is 9.18 Å². The summed E-state index contributed by atoms with van der Waals surface area (Å²) in [7, 11) is 0. The number of halogens is 1. The van der Waals surface area contributed by atoms with Crippen molar-refractivity contribution in [2.24, 2.45) is 0 Å². The highest BCUT2D eigenvalue weighted by Crippen LogP contribution is 2.28. The maximum Gasteiger partial charge on any atom is 0.270 e. The maximum atomic E-state index is 14.5. The Morgan fingerprint density at radius 1 is 0.838 bits per heavy atom. The first-order valence-electron chi connectivity index (χ1n) is 12.4. The number of carbonyl (C=O) groups is 1. The highest BCUT2D eigenvalue weighted by atomic mass is 19.1. The molecule has 5 heteroatoms. The summed E-state index contributed by atoms with van der Waals surface area (Å²) >= 11 is 0. The van der Waals surface area contributed by atoms with Crippen LogP contribution in [-0.2, 0) is 0 Å². The molecular formula is C32H28FN3O. The van der Waals surface area contributed by atoms with Gasteiger partial charge in [0, 0.05) is 18.0 Å². The molecule has 5 rings (SSSR count). The Bertz CT molecular complexity index is 1440. The second kappa shape index (κ2) is 11.0. The van der Waals surface area contributed by atoms with E-state index < -0.39 is 0 Å². The van der Waals surface area contributed by atoms with E-state index >= 15 is 0 Å². The lowest BCUT2D eigenvalue weighted by molar-refractivity contribution is 0.0945. The van der Waals surface area contributed by atoms with Crippen molar-refractivity contribution in [2.45, 2.75) is 19.3 Å². The topological polar surface area (TPSA) is 46.9 Å². The van der Waals surface area contributed by atoms with E-state index in [1.165, 1.54) is 17.2 Å². The lowest BCUT2D eigenvalue weighted by Crippen LogP contribution is -2.28. The minimum Gasteiger partial charge on any atom is -0.351 e. The lowest BCUT2D eigenvalue weighted by Gasteiger charge is -2.18. The van der Waals surface area contributed by atoms with Gasteiger partial charge < -0.3 is 5.32 Å². The number of amides is 1. The Hall–Kier alpha value is -4.51. The molecule has 5 aromatic rings. The van der Waals surface area contributed by atoms with Crippen LogP contribution in [0.3, 0.4) is 0 Å². The highest BCUT2D eigenvalue weighted by Gasteiger charge is 2.20. The number of aryl methyl sites for hydroxylation is 1. The van der Waals surface area contributed by atoms with E-state index in [9.17, 15) is 9.18 Å². The van der Waals surface area contributed by atoms with Gasteiger partial charge in [0.1, 0.15) is 11.5 Å². The molecular weight excluding hydrogens is 461 g/mol. The van der Waals surface area contributed by atoms with Gasteiger partial charge >= 0.3 is 0 Å². The molecule has 1 heterocycles. The first kappa shape index (κ1) is 24.2. The van der Waals surface area contributed by atoms with Gasteiger partial charge in [-0.15, -0.1) is 0 Å². The van der Waals surface area contributed by atoms with E-state index in [1.807, 2.05) is 67.6 Å². The number of hydrogen-bond acceptors (Lipinski definition) is 2. The zero-order chi connectivity index (χ0) is 25.6. The van der Waals surface area contributed by atoms with E-state index in [1.54, 1.807) is 28.9 Å². The molecule has 184 valence electrons. The molecule has 0 aliphatic carbocycles. The van der Waals surface area contributed by atoms with Crippen molar-refractivity contribution in [3.63, 3.8) is 0 Å². The summed E-state index contributed by atoms with van der Waals surface area (Å²) in [6.07, 6.45) is 0.735. The predicted molar refractivity (Wildman–Crippen MR) is 145 cm³/mol. The summed E-state index contributed by atoms with van der Waals surface area (Å²) in [6.45, 7) is 2.47. The summed E-state index contributed by atoms with van der Waals surface area (Å²) in [6, 6.07) is 36.5. The second-order valence-electron chi connectivity index (χ2n) is 9.06. The summed E-state index contributed by atoms with van der Waals surface area (Å²) in [5.41, 5.74) is 5.38. The van der Waals surface area contributed by atoms with Gasteiger partial charge in [-0.1, -0.05) is 90.5 Å². The standard InChI is InChI=1S/C32H28FN3O/c1-23-16-18-26(19-17-23)36-31(22-30(35-36)28-14-8-9-15-29(28)33)32(37)34-21-20-27(24-10-4-2-5-11-24)25-12-6-3-7-13-25/h2-19,22,27H,20-21H2,1H3,(H,34,37). The fourth-order valence-electron chi connectivity index (χ4n) is 4.54. The Balaban J connectivity index is 1.41. The molecule has 0 bridgehead atoms. The number of nitrogens with zero attached hydrogens (tertiary/aromatic N) is 2. The molecule has 0 aliphatic heterocycles. The smallest absolute Gasteiger partial charge is 0.270 e. The maximum absolute atomic E-state index is 14.5. The highest BCUT2D eigenvalue weighted by molar-refractivity contribution is 5.94. The monoisotopic (exact) mass is 489 g/mol. The van der Waals surface area contributed by atoms with Crippen LogP contribution in [0.4, 0.5) is 4.39 Å². The van der Waals surface area contributed by atoms with Gasteiger partial charge in [-0.25, -0.2) is 9.07 Å². The second-order valence-corrected chi connectivity index (χ2v) is 9.06. The molecule has 0 saturated heterocycles. The van der Waals surface area contributed by atoms with Gasteiger partial charge in [0.2, 0.25) is 0 Å². The van der Waals surface area contributed by atoms with E-state index in [4.69, 9.17) is 0 Å². The number of rotatable bonds is 8. The quantitative estimate of drug-likeness (QED) is 0.257. The lowest BCUT2D eigenvalue weighted by atomic mass is 9.88. The van der Waals surface area contributed by atoms with E-state index in [-0.39, 0.29) is 17.6 Å². The average molecular weight is 490 g/mol. The molecule has 0 saturated carbocycles. The summed E-state index contributed by atoms with van der Waals surface area (Å²) in [4.78, 5) is 13.4. The van der Waals surface area contributed by atoms with E-state index in [0.29, 0.717) is 23.5 Å². The molecule has 37 heavy (non-hydrogen) atoms. The summed E-state index contributed by atoms with van der Waals surface area (Å²) < 4.78 is 16.1. The van der Waals surface area contributed by atoms with Crippen LogP contribution in [0.15, 0.2) is 115 Å². The molecule has 1 N–H and O–H groups in total. The van der Waals surface area contributed by atoms with Crippen molar-refractivity contribution in [3.8, 4) is 16.9 Å². The molecule has 4 nitrogen and oxygen atoms in total. The van der Waals surface area contributed by atoms with E-state index in [0.717, 1.165) is 17.7 Å². The van der Waals surface area contributed by atoms with Crippen LogP contribution in [0, 0.1) is 12.7 Å². The van der Waals surface area contributed by atoms with Crippen LogP contribution in [-0.4, -0.2) is 22.2 Å². The van der Waals surface area contributed by atoms with E-state index in [2.05, 4.69) is 34.7 Å². The Labute approximate surface area is 216 Å². The van der Waals surface area contributed by atoms with Crippen molar-refractivity contribution in [1.82, 2.24) is 15.1 Å². The van der Waals surface area contributed by atoms with Gasteiger partial charge in [-0.05, 0) is 54.8 Å². The Morgan fingerprint density at radius 3 is 2.05 bits per heavy atom. The number of benzene rings is 4. The molecule has 0 unspecified atom stereocenters. The van der Waals surface area contributed by atoms with Gasteiger partial charge in [0.15, 0.2) is 0 Å². The third kappa shape index (κ3) is 5.51. The molecule has 1 aromatic heterocycles. The van der Waals surface area contributed by atoms with Crippen LogP contribution in [0.25, 0.3) is 16.9 Å². The van der Waals surface area contributed by atoms with Crippen molar-refractivity contribution >= 4 is 5.91 Å². The molecule has 1 amide bonds. The van der Waals surface area contributed by atoms with Crippen LogP contribution >= 0.6 is 0 Å². The normalized spacial score (nSPS) is 11.0. The largest absolute Gasteiger partial charge is 0.351 e. The summed E-state index contributed by atoms with van der Waals surface area (Å²) in [5.74, 6) is -0.481. The number of nitrogens with one attached hydrogen (secondary N) is 1. The minimum atomic E-state index is -0.378. The molecule has 0 aliphatic rings. The van der Waals surface area contributed by atoms with Crippen LogP contribution in [0.5, 0.6) is 0 Å². The van der Waals surface area contributed by atoms with Gasteiger partial charge in [-0.3, -0.25) is 4.79 Å². The summed E-state index contributed by atoms with van der Waals surface area (Å²) in [5, 5.41) is 7.69. The van der Waals surface area contributed by atoms with Crippen molar-refractivity contribution in [2.75, 3.05) is 6.54 Å². The van der Waals surface area contributed by atoms with Crippen LogP contribution in [0.2, 0.25) is 0 Å². The van der Waals surface area contributed by atoms with Gasteiger partial charge in [0.25, 0.3) is 5.91 Å². The Morgan fingerprint density at radius 2 is 1.43 bits per heavy atom. The Kier molecular flexibility index (Phi) is 7.22. The third-order valence-corrected chi connectivity index (χ3v) is 6.49. The predicted octanol–water partition coefficient (Wildman–Crippen LogP) is 6.94. The van der Waals surface area contributed by atoms with Crippen LogP contribution in [0.1, 0.15) is 39.5 Å². The third-order valence-electron chi connectivity index (χ3n) is 6.49. The molecule has 4 aromatic carbocycles. The molecule has 0 radical (unpaired) electrons. The number of carbonyl (C=O) groups excluding carboxylic acids is 1. The molecule has 0 fully saturated rings. The fourth-order valence-corrected chi connectivity index (χ4v) is 4.54. The zero-order valence-corrected chi connectivity index (χ0v) is 20.6. The van der Waals surface area contributed by atoms with Crippen LogP contribution < -0.4 is 5.32 Å². The van der Waals surface area contributed by atoms with Crippen molar-refractivity contribution in [3.05, 3.63) is 143 Å². The molecule has 0 spiro atoms. The minimum absolute atomic E-state index is 0.152. The number of aromatic nitrogens is 2. The average Bonchev–Trinajstić information content (AvgIpc) is 3.38. The van der Waals surface area contributed by atoms with Gasteiger partial charge in [0.05, 0.1) is 11.4 Å². The fraction of sp³-hybridized carbons (Fsp3) is 0.125. The first-order chi connectivity index (χ1) is 18.1. The first-order valence-corrected chi connectivity index (χ1v) is 12.4. The molecule has 0 atom stereocenters. The SMILES string of the molecule is Cc1ccc(-n2nc(-c3ccccc3F)cc2C(=O)NCCC(c2ccccc2)c2ccccc2)cc1.